The molecule has 94 valence electrons. The van der Waals surface area contributed by atoms with Gasteiger partial charge in [0.25, 0.3) is 0 Å². The Morgan fingerprint density at radius 2 is 2.06 bits per heavy atom. The average molecular weight is 247 g/mol. The second-order valence-corrected chi connectivity index (χ2v) is 4.21. The Labute approximate surface area is 97.0 Å². The minimum atomic E-state index is -4.37. The topological polar surface area (TPSA) is 3.24 Å². The highest BCUT2D eigenvalue weighted by Crippen LogP contribution is 2.35. The minimum Gasteiger partial charge on any atom is -0.296 e. The third kappa shape index (κ3) is 2.44. The van der Waals surface area contributed by atoms with Gasteiger partial charge in [-0.3, -0.25) is 4.90 Å². The van der Waals surface area contributed by atoms with Gasteiger partial charge in [0, 0.05) is 13.1 Å². The van der Waals surface area contributed by atoms with Gasteiger partial charge in [-0.1, -0.05) is 13.0 Å². The summed E-state index contributed by atoms with van der Waals surface area (Å²) in [5.74, 6) is 0. The Bertz CT molecular complexity index is 413. The van der Waals surface area contributed by atoms with E-state index in [1.54, 1.807) is 4.90 Å². The Morgan fingerprint density at radius 1 is 1.35 bits per heavy atom. The number of rotatable bonds is 1. The van der Waals surface area contributed by atoms with Crippen molar-refractivity contribution in [2.24, 2.45) is 0 Å². The Hall–Kier alpha value is -1.10. The molecule has 1 atom stereocenters. The van der Waals surface area contributed by atoms with Crippen LogP contribution in [-0.2, 0) is 12.7 Å². The summed E-state index contributed by atoms with van der Waals surface area (Å²) in [6.07, 6.45) is -5.56. The molecule has 17 heavy (non-hydrogen) atoms. The maximum Gasteiger partial charge on any atom is 0.416 e. The molecule has 5 heteroatoms. The fourth-order valence-corrected chi connectivity index (χ4v) is 2.10. The molecule has 0 fully saturated rings. The van der Waals surface area contributed by atoms with Crippen LogP contribution in [0, 0.1) is 0 Å². The number of halogens is 4. The summed E-state index contributed by atoms with van der Waals surface area (Å²) in [7, 11) is 0. The first-order valence-corrected chi connectivity index (χ1v) is 5.48. The number of hydrogen-bond donors (Lipinski definition) is 0. The normalized spacial score (nSPS) is 21.4. The fraction of sp³-hybridized carbons (Fsp3) is 0.500. The van der Waals surface area contributed by atoms with Crippen LogP contribution in [-0.4, -0.2) is 18.0 Å². The first-order chi connectivity index (χ1) is 7.91. The smallest absolute Gasteiger partial charge is 0.296 e. The van der Waals surface area contributed by atoms with Gasteiger partial charge in [0.15, 0.2) is 0 Å². The van der Waals surface area contributed by atoms with Crippen LogP contribution in [0.4, 0.5) is 17.6 Å². The number of benzene rings is 1. The standard InChI is InChI=1S/C12H13F4N/c1-2-17-6-8-5-9(12(14,15)16)3-4-10(8)11(13)7-17/h3-5,11H,2,6-7H2,1H3. The zero-order valence-electron chi connectivity index (χ0n) is 9.39. The molecule has 1 nitrogen and oxygen atoms in total. The number of likely N-dealkylation sites (N-methyl/N-ethyl adjacent to an activating group) is 1. The monoisotopic (exact) mass is 247 g/mol. The molecule has 1 unspecified atom stereocenters. The van der Waals surface area contributed by atoms with Crippen molar-refractivity contribution in [3.05, 3.63) is 34.9 Å². The van der Waals surface area contributed by atoms with Gasteiger partial charge in [0.1, 0.15) is 6.17 Å². The van der Waals surface area contributed by atoms with Crippen molar-refractivity contribution >= 4 is 0 Å². The molecule has 1 aromatic rings. The summed E-state index contributed by atoms with van der Waals surface area (Å²) in [4.78, 5) is 1.80. The van der Waals surface area contributed by atoms with E-state index in [-0.39, 0.29) is 6.54 Å². The zero-order chi connectivity index (χ0) is 12.6. The van der Waals surface area contributed by atoms with E-state index in [2.05, 4.69) is 0 Å². The highest BCUT2D eigenvalue weighted by molar-refractivity contribution is 5.36. The van der Waals surface area contributed by atoms with Crippen molar-refractivity contribution in [1.29, 1.82) is 0 Å². The molecule has 1 heterocycles. The van der Waals surface area contributed by atoms with Crippen LogP contribution in [0.3, 0.4) is 0 Å². The van der Waals surface area contributed by atoms with E-state index in [0.717, 1.165) is 12.1 Å². The van der Waals surface area contributed by atoms with E-state index in [1.165, 1.54) is 6.07 Å². The lowest BCUT2D eigenvalue weighted by molar-refractivity contribution is -0.137. The second kappa shape index (κ2) is 4.29. The fourth-order valence-electron chi connectivity index (χ4n) is 2.10. The molecular weight excluding hydrogens is 234 g/mol. The molecule has 0 spiro atoms. The van der Waals surface area contributed by atoms with Gasteiger partial charge in [0.05, 0.1) is 5.56 Å². The minimum absolute atomic E-state index is 0.259. The van der Waals surface area contributed by atoms with Gasteiger partial charge in [0.2, 0.25) is 0 Å². The summed E-state index contributed by atoms with van der Waals surface area (Å²) in [6.45, 7) is 3.15. The number of nitrogens with zero attached hydrogens (tertiary/aromatic N) is 1. The van der Waals surface area contributed by atoms with Gasteiger partial charge in [-0.25, -0.2) is 4.39 Å². The first kappa shape index (κ1) is 12.4. The maximum atomic E-state index is 13.7. The summed E-state index contributed by atoms with van der Waals surface area (Å²) in [6, 6.07) is 3.27. The molecule has 0 amide bonds. The molecule has 0 aromatic heterocycles. The third-order valence-corrected chi connectivity index (χ3v) is 3.07. The van der Waals surface area contributed by atoms with Crippen LogP contribution in [0.25, 0.3) is 0 Å². The van der Waals surface area contributed by atoms with E-state index < -0.39 is 17.9 Å². The lowest BCUT2D eigenvalue weighted by Gasteiger charge is -2.30. The number of alkyl halides is 4. The Kier molecular flexibility index (Phi) is 3.12. The molecule has 0 saturated carbocycles. The quantitative estimate of drug-likeness (QED) is 0.686. The van der Waals surface area contributed by atoms with Crippen molar-refractivity contribution in [1.82, 2.24) is 4.90 Å². The highest BCUT2D eigenvalue weighted by Gasteiger charge is 2.33. The Morgan fingerprint density at radius 3 is 2.65 bits per heavy atom. The van der Waals surface area contributed by atoms with Gasteiger partial charge in [-0.2, -0.15) is 13.2 Å². The van der Waals surface area contributed by atoms with Crippen LogP contribution in [0.1, 0.15) is 29.8 Å². The third-order valence-electron chi connectivity index (χ3n) is 3.07. The van der Waals surface area contributed by atoms with Crippen molar-refractivity contribution in [3.63, 3.8) is 0 Å². The van der Waals surface area contributed by atoms with Gasteiger partial charge < -0.3 is 0 Å². The van der Waals surface area contributed by atoms with E-state index in [0.29, 0.717) is 24.2 Å². The largest absolute Gasteiger partial charge is 0.416 e. The van der Waals surface area contributed by atoms with Crippen molar-refractivity contribution < 1.29 is 17.6 Å². The van der Waals surface area contributed by atoms with Crippen molar-refractivity contribution in [2.75, 3.05) is 13.1 Å². The van der Waals surface area contributed by atoms with Gasteiger partial charge in [-0.15, -0.1) is 0 Å². The van der Waals surface area contributed by atoms with Crippen molar-refractivity contribution in [3.8, 4) is 0 Å². The molecule has 0 radical (unpaired) electrons. The van der Waals surface area contributed by atoms with E-state index in [9.17, 15) is 17.6 Å². The molecule has 1 aromatic carbocycles. The summed E-state index contributed by atoms with van der Waals surface area (Å²) >= 11 is 0. The summed E-state index contributed by atoms with van der Waals surface area (Å²) < 4.78 is 51.3. The number of hydrogen-bond acceptors (Lipinski definition) is 1. The maximum absolute atomic E-state index is 13.7. The van der Waals surface area contributed by atoms with Crippen LogP contribution in [0.15, 0.2) is 18.2 Å². The Balaban J connectivity index is 2.38. The van der Waals surface area contributed by atoms with Crippen LogP contribution < -0.4 is 0 Å². The predicted octanol–water partition coefficient (Wildman–Crippen LogP) is 3.55. The summed E-state index contributed by atoms with van der Waals surface area (Å²) in [5, 5.41) is 0. The van der Waals surface area contributed by atoms with Crippen LogP contribution in [0.5, 0.6) is 0 Å². The molecule has 0 saturated heterocycles. The number of fused-ring (bicyclic) bond motifs is 1. The highest BCUT2D eigenvalue weighted by atomic mass is 19.4. The lowest BCUT2D eigenvalue weighted by atomic mass is 9.96. The first-order valence-electron chi connectivity index (χ1n) is 5.48. The lowest BCUT2D eigenvalue weighted by Crippen LogP contribution is -2.32. The SMILES string of the molecule is CCN1Cc2cc(C(F)(F)F)ccc2C(F)C1. The van der Waals surface area contributed by atoms with Gasteiger partial charge in [-0.05, 0) is 29.8 Å². The molecule has 1 aliphatic rings. The molecule has 0 bridgehead atoms. The van der Waals surface area contributed by atoms with Crippen LogP contribution >= 0.6 is 0 Å². The summed E-state index contributed by atoms with van der Waals surface area (Å²) in [5.41, 5.74) is 0.129. The second-order valence-electron chi connectivity index (χ2n) is 4.21. The molecule has 0 N–H and O–H groups in total. The zero-order valence-corrected chi connectivity index (χ0v) is 9.39. The molecular formula is C12H13F4N. The van der Waals surface area contributed by atoms with Crippen molar-refractivity contribution in [2.45, 2.75) is 25.8 Å². The average Bonchev–Trinajstić information content (AvgIpc) is 2.27. The van der Waals surface area contributed by atoms with Gasteiger partial charge >= 0.3 is 6.18 Å². The van der Waals surface area contributed by atoms with E-state index >= 15 is 0 Å². The predicted molar refractivity (Wildman–Crippen MR) is 56.2 cm³/mol. The molecule has 0 aliphatic carbocycles. The molecule has 1 aliphatic heterocycles. The van der Waals surface area contributed by atoms with Crippen LogP contribution in [0.2, 0.25) is 0 Å². The van der Waals surface area contributed by atoms with E-state index in [1.807, 2.05) is 6.92 Å². The van der Waals surface area contributed by atoms with E-state index in [4.69, 9.17) is 0 Å². The molecule has 2 rings (SSSR count).